The number of esters is 1. The molecule has 0 saturated heterocycles. The molecular formula is C14H19NO3. The van der Waals surface area contributed by atoms with Gasteiger partial charge in [0.1, 0.15) is 0 Å². The van der Waals surface area contributed by atoms with Crippen LogP contribution in [0.3, 0.4) is 0 Å². The summed E-state index contributed by atoms with van der Waals surface area (Å²) >= 11 is 0. The van der Waals surface area contributed by atoms with Crippen LogP contribution in [0.25, 0.3) is 0 Å². The molecule has 0 aromatic heterocycles. The van der Waals surface area contributed by atoms with Crippen molar-refractivity contribution < 1.29 is 14.3 Å². The highest BCUT2D eigenvalue weighted by atomic mass is 16.5. The van der Waals surface area contributed by atoms with Crippen molar-refractivity contribution in [1.29, 1.82) is 0 Å². The minimum absolute atomic E-state index is 0.395. The number of hydrogen-bond donors (Lipinski definition) is 0. The van der Waals surface area contributed by atoms with Crippen molar-refractivity contribution in [2.75, 3.05) is 14.2 Å². The number of ether oxygens (including phenoxy) is 1. The molecule has 1 amide bonds. The molecule has 0 saturated carbocycles. The number of carbonyl (C=O) groups is 2. The number of carbonyl (C=O) groups excluding carboxylic acids is 2. The standard InChI is InChI=1S/C14H19NO3/c1-10(2)12-7-5-11(6-8-12)9-15(3)13(16)14(17)18-4/h5-8,10H,9H2,1-4H3. The van der Waals surface area contributed by atoms with E-state index in [-0.39, 0.29) is 0 Å². The number of methoxy groups -OCH3 is 1. The van der Waals surface area contributed by atoms with Gasteiger partial charge in [-0.2, -0.15) is 0 Å². The van der Waals surface area contributed by atoms with Gasteiger partial charge in [0, 0.05) is 13.6 Å². The zero-order chi connectivity index (χ0) is 13.7. The van der Waals surface area contributed by atoms with E-state index in [9.17, 15) is 9.59 Å². The molecule has 0 aliphatic heterocycles. The number of benzene rings is 1. The summed E-state index contributed by atoms with van der Waals surface area (Å²) in [5, 5.41) is 0. The molecule has 4 nitrogen and oxygen atoms in total. The van der Waals surface area contributed by atoms with Crippen LogP contribution < -0.4 is 0 Å². The molecule has 1 rings (SSSR count). The maximum atomic E-state index is 11.5. The molecule has 0 atom stereocenters. The fourth-order valence-electron chi connectivity index (χ4n) is 1.60. The van der Waals surface area contributed by atoms with Gasteiger partial charge in [-0.1, -0.05) is 38.1 Å². The Morgan fingerprint density at radius 1 is 1.22 bits per heavy atom. The topological polar surface area (TPSA) is 46.6 Å². The Morgan fingerprint density at radius 3 is 2.22 bits per heavy atom. The molecule has 98 valence electrons. The minimum atomic E-state index is -0.837. The van der Waals surface area contributed by atoms with Gasteiger partial charge in [0.15, 0.2) is 0 Å². The first-order chi connectivity index (χ1) is 8.45. The monoisotopic (exact) mass is 249 g/mol. The lowest BCUT2D eigenvalue weighted by Gasteiger charge is -2.16. The lowest BCUT2D eigenvalue weighted by atomic mass is 10.0. The van der Waals surface area contributed by atoms with Crippen LogP contribution in [0.5, 0.6) is 0 Å². The number of likely N-dealkylation sites (N-methyl/N-ethyl adjacent to an activating group) is 1. The van der Waals surface area contributed by atoms with Gasteiger partial charge >= 0.3 is 11.9 Å². The first kappa shape index (κ1) is 14.2. The van der Waals surface area contributed by atoms with Crippen molar-refractivity contribution in [1.82, 2.24) is 4.90 Å². The summed E-state index contributed by atoms with van der Waals surface area (Å²) in [7, 11) is 2.78. The third kappa shape index (κ3) is 3.58. The SMILES string of the molecule is COC(=O)C(=O)N(C)Cc1ccc(C(C)C)cc1. The second-order valence-corrected chi connectivity index (χ2v) is 4.55. The number of nitrogens with zero attached hydrogens (tertiary/aromatic N) is 1. The van der Waals surface area contributed by atoms with Crippen molar-refractivity contribution in [3.63, 3.8) is 0 Å². The van der Waals surface area contributed by atoms with Crippen molar-refractivity contribution >= 4 is 11.9 Å². The number of hydrogen-bond acceptors (Lipinski definition) is 3. The highest BCUT2D eigenvalue weighted by Gasteiger charge is 2.18. The summed E-state index contributed by atoms with van der Waals surface area (Å²) in [6.45, 7) is 4.65. The van der Waals surface area contributed by atoms with Crippen LogP contribution in [0, 0.1) is 0 Å². The van der Waals surface area contributed by atoms with Gasteiger partial charge in [-0.05, 0) is 17.0 Å². The van der Waals surface area contributed by atoms with E-state index in [1.165, 1.54) is 17.6 Å². The van der Waals surface area contributed by atoms with Crippen LogP contribution in [-0.2, 0) is 20.9 Å². The highest BCUT2D eigenvalue weighted by Crippen LogP contribution is 2.15. The molecule has 0 heterocycles. The van der Waals surface area contributed by atoms with Crippen LogP contribution in [0.15, 0.2) is 24.3 Å². The molecule has 4 heteroatoms. The van der Waals surface area contributed by atoms with Gasteiger partial charge < -0.3 is 9.64 Å². The zero-order valence-corrected chi connectivity index (χ0v) is 11.3. The quantitative estimate of drug-likeness (QED) is 0.607. The summed E-state index contributed by atoms with van der Waals surface area (Å²) < 4.78 is 4.39. The maximum Gasteiger partial charge on any atom is 0.396 e. The molecule has 0 bridgehead atoms. The predicted molar refractivity (Wildman–Crippen MR) is 69.0 cm³/mol. The molecule has 18 heavy (non-hydrogen) atoms. The van der Waals surface area contributed by atoms with Crippen molar-refractivity contribution in [3.8, 4) is 0 Å². The maximum absolute atomic E-state index is 11.5. The minimum Gasteiger partial charge on any atom is -0.462 e. The second kappa shape index (κ2) is 6.19. The van der Waals surface area contributed by atoms with E-state index >= 15 is 0 Å². The van der Waals surface area contributed by atoms with Gasteiger partial charge in [0.25, 0.3) is 0 Å². The Labute approximate surface area is 108 Å². The Kier molecular flexibility index (Phi) is 4.89. The summed E-state index contributed by atoms with van der Waals surface area (Å²) in [6.07, 6.45) is 0. The summed E-state index contributed by atoms with van der Waals surface area (Å²) in [5.41, 5.74) is 2.24. The van der Waals surface area contributed by atoms with E-state index < -0.39 is 11.9 Å². The van der Waals surface area contributed by atoms with E-state index in [0.717, 1.165) is 5.56 Å². The average molecular weight is 249 g/mol. The Morgan fingerprint density at radius 2 is 1.78 bits per heavy atom. The highest BCUT2D eigenvalue weighted by molar-refractivity contribution is 6.32. The number of amides is 1. The largest absolute Gasteiger partial charge is 0.462 e. The van der Waals surface area contributed by atoms with E-state index in [1.54, 1.807) is 7.05 Å². The van der Waals surface area contributed by atoms with E-state index in [2.05, 4.69) is 18.6 Å². The molecule has 1 aromatic carbocycles. The Bertz CT molecular complexity index is 423. The third-order valence-electron chi connectivity index (χ3n) is 2.77. The molecule has 0 fully saturated rings. The zero-order valence-electron chi connectivity index (χ0n) is 11.3. The van der Waals surface area contributed by atoms with Crippen LogP contribution in [0.4, 0.5) is 0 Å². The normalized spacial score (nSPS) is 10.3. The Hall–Kier alpha value is -1.84. The van der Waals surface area contributed by atoms with E-state index in [4.69, 9.17) is 0 Å². The lowest BCUT2D eigenvalue weighted by Crippen LogP contribution is -2.33. The van der Waals surface area contributed by atoms with Crippen molar-refractivity contribution in [2.45, 2.75) is 26.3 Å². The molecular weight excluding hydrogens is 230 g/mol. The van der Waals surface area contributed by atoms with Crippen LogP contribution in [0.1, 0.15) is 30.9 Å². The van der Waals surface area contributed by atoms with Gasteiger partial charge in [-0.25, -0.2) is 4.79 Å². The van der Waals surface area contributed by atoms with Gasteiger partial charge in [0.2, 0.25) is 0 Å². The molecule has 0 unspecified atom stereocenters. The van der Waals surface area contributed by atoms with Crippen molar-refractivity contribution in [3.05, 3.63) is 35.4 Å². The van der Waals surface area contributed by atoms with Crippen molar-refractivity contribution in [2.24, 2.45) is 0 Å². The first-order valence-electron chi connectivity index (χ1n) is 5.88. The molecule has 1 aromatic rings. The van der Waals surface area contributed by atoms with Crippen LogP contribution in [0.2, 0.25) is 0 Å². The fraction of sp³-hybridized carbons (Fsp3) is 0.429. The summed E-state index contributed by atoms with van der Waals surface area (Å²) in [6, 6.07) is 8.01. The molecule has 0 radical (unpaired) electrons. The van der Waals surface area contributed by atoms with Gasteiger partial charge in [0.05, 0.1) is 7.11 Å². The number of rotatable bonds is 3. The molecule has 0 aliphatic rings. The first-order valence-corrected chi connectivity index (χ1v) is 5.88. The smallest absolute Gasteiger partial charge is 0.396 e. The van der Waals surface area contributed by atoms with Crippen LogP contribution in [-0.4, -0.2) is 30.9 Å². The van der Waals surface area contributed by atoms with E-state index in [0.29, 0.717) is 12.5 Å². The van der Waals surface area contributed by atoms with Gasteiger partial charge in [-0.15, -0.1) is 0 Å². The summed E-state index contributed by atoms with van der Waals surface area (Å²) in [4.78, 5) is 23.9. The van der Waals surface area contributed by atoms with E-state index in [1.807, 2.05) is 24.3 Å². The van der Waals surface area contributed by atoms with Gasteiger partial charge in [-0.3, -0.25) is 4.79 Å². The molecule has 0 aliphatic carbocycles. The second-order valence-electron chi connectivity index (χ2n) is 4.55. The summed E-state index contributed by atoms with van der Waals surface area (Å²) in [5.74, 6) is -0.991. The fourth-order valence-corrected chi connectivity index (χ4v) is 1.60. The molecule has 0 spiro atoms. The lowest BCUT2D eigenvalue weighted by molar-refractivity contribution is -0.157. The average Bonchev–Trinajstić information content (AvgIpc) is 2.37. The predicted octanol–water partition coefficient (Wildman–Crippen LogP) is 1.94. The Balaban J connectivity index is 2.67. The third-order valence-corrected chi connectivity index (χ3v) is 2.77. The van der Waals surface area contributed by atoms with Crippen LogP contribution >= 0.6 is 0 Å². The molecule has 0 N–H and O–H groups in total.